The summed E-state index contributed by atoms with van der Waals surface area (Å²) in [5.74, 6) is 1.05. The Bertz CT molecular complexity index is 532. The van der Waals surface area contributed by atoms with Gasteiger partial charge in [0.25, 0.3) is 0 Å². The third-order valence-corrected chi connectivity index (χ3v) is 3.91. The number of Topliss-reactive ketones (excluding diaryl/α,β-unsaturated/α-hetero) is 1. The molecule has 0 saturated heterocycles. The molecule has 0 aliphatic rings. The standard InChI is InChI=1S/C12H12BrNO2S/c1-8(15)10-3-4-12(16-10)14(2)6-9-5-11(13)17-7-9/h3-5,7H,6H2,1-2H3. The first kappa shape index (κ1) is 12.4. The lowest BCUT2D eigenvalue weighted by atomic mass is 10.3. The second-order valence-electron chi connectivity index (χ2n) is 3.81. The topological polar surface area (TPSA) is 33.5 Å². The third-order valence-electron chi connectivity index (χ3n) is 2.36. The van der Waals surface area contributed by atoms with Gasteiger partial charge in [0.05, 0.1) is 3.79 Å². The molecule has 0 amide bonds. The SMILES string of the molecule is CC(=O)c1ccc(N(C)Cc2csc(Br)c2)o1. The van der Waals surface area contributed by atoms with E-state index in [0.29, 0.717) is 11.6 Å². The lowest BCUT2D eigenvalue weighted by Crippen LogP contribution is -2.14. The maximum atomic E-state index is 11.1. The predicted molar refractivity (Wildman–Crippen MR) is 72.8 cm³/mol. The van der Waals surface area contributed by atoms with Crippen molar-refractivity contribution >= 4 is 38.9 Å². The summed E-state index contributed by atoms with van der Waals surface area (Å²) in [6.45, 7) is 2.26. The minimum absolute atomic E-state index is 0.0528. The zero-order valence-corrected chi connectivity index (χ0v) is 12.0. The number of anilines is 1. The Labute approximate surface area is 112 Å². The molecule has 90 valence electrons. The molecule has 3 nitrogen and oxygen atoms in total. The van der Waals surface area contributed by atoms with Crippen LogP contribution in [-0.2, 0) is 6.54 Å². The van der Waals surface area contributed by atoms with Gasteiger partial charge in [-0.2, -0.15) is 0 Å². The summed E-state index contributed by atoms with van der Waals surface area (Å²) < 4.78 is 6.57. The molecule has 2 aromatic heterocycles. The van der Waals surface area contributed by atoms with Crippen LogP contribution in [0, 0.1) is 0 Å². The van der Waals surface area contributed by atoms with Crippen LogP contribution in [0.1, 0.15) is 23.0 Å². The molecule has 0 aromatic carbocycles. The van der Waals surface area contributed by atoms with E-state index in [4.69, 9.17) is 4.42 Å². The van der Waals surface area contributed by atoms with Crippen LogP contribution in [0.3, 0.4) is 0 Å². The van der Waals surface area contributed by atoms with Crippen molar-refractivity contribution in [1.82, 2.24) is 0 Å². The van der Waals surface area contributed by atoms with E-state index in [0.717, 1.165) is 10.3 Å². The van der Waals surface area contributed by atoms with Crippen molar-refractivity contribution in [3.63, 3.8) is 0 Å². The first-order valence-corrected chi connectivity index (χ1v) is 6.78. The van der Waals surface area contributed by atoms with Gasteiger partial charge in [-0.15, -0.1) is 11.3 Å². The third kappa shape index (κ3) is 2.98. The predicted octanol–water partition coefficient (Wildman–Crippen LogP) is 3.94. The lowest BCUT2D eigenvalue weighted by Gasteiger charge is -2.14. The molecule has 0 N–H and O–H groups in total. The molecular formula is C12H12BrNO2S. The van der Waals surface area contributed by atoms with Crippen LogP contribution in [0.25, 0.3) is 0 Å². The van der Waals surface area contributed by atoms with Gasteiger partial charge < -0.3 is 9.32 Å². The summed E-state index contributed by atoms with van der Waals surface area (Å²) in [5.41, 5.74) is 1.21. The van der Waals surface area contributed by atoms with Crippen LogP contribution in [0.2, 0.25) is 0 Å². The summed E-state index contributed by atoms with van der Waals surface area (Å²) in [4.78, 5) is 13.1. The molecule has 0 saturated carbocycles. The fraction of sp³-hybridized carbons (Fsp3) is 0.250. The van der Waals surface area contributed by atoms with Crippen molar-refractivity contribution in [2.75, 3.05) is 11.9 Å². The molecule has 0 atom stereocenters. The van der Waals surface area contributed by atoms with Crippen LogP contribution >= 0.6 is 27.3 Å². The van der Waals surface area contributed by atoms with E-state index >= 15 is 0 Å². The summed E-state index contributed by atoms with van der Waals surface area (Å²) in [5, 5.41) is 2.09. The number of carbonyl (C=O) groups is 1. The molecule has 2 aromatic rings. The number of hydrogen-bond donors (Lipinski definition) is 0. The second kappa shape index (κ2) is 5.06. The molecule has 0 aliphatic carbocycles. The quantitative estimate of drug-likeness (QED) is 0.802. The summed E-state index contributed by atoms with van der Waals surface area (Å²) in [6, 6.07) is 5.60. The van der Waals surface area contributed by atoms with Gasteiger partial charge >= 0.3 is 0 Å². The Balaban J connectivity index is 2.08. The van der Waals surface area contributed by atoms with E-state index in [2.05, 4.69) is 27.4 Å². The lowest BCUT2D eigenvalue weighted by molar-refractivity contribution is 0.0988. The van der Waals surface area contributed by atoms with Crippen molar-refractivity contribution in [1.29, 1.82) is 0 Å². The average Bonchev–Trinajstić information content (AvgIpc) is 2.86. The molecule has 2 rings (SSSR count). The maximum absolute atomic E-state index is 11.1. The zero-order chi connectivity index (χ0) is 12.4. The molecule has 0 radical (unpaired) electrons. The first-order valence-electron chi connectivity index (χ1n) is 5.11. The van der Waals surface area contributed by atoms with Crippen molar-refractivity contribution in [2.45, 2.75) is 13.5 Å². The highest BCUT2D eigenvalue weighted by atomic mass is 79.9. The van der Waals surface area contributed by atoms with Gasteiger partial charge in [0.2, 0.25) is 0 Å². The molecular weight excluding hydrogens is 302 g/mol. The van der Waals surface area contributed by atoms with Crippen LogP contribution in [0.5, 0.6) is 0 Å². The molecule has 0 bridgehead atoms. The second-order valence-corrected chi connectivity index (χ2v) is 6.10. The van der Waals surface area contributed by atoms with Gasteiger partial charge in [0.15, 0.2) is 17.4 Å². The number of nitrogens with zero attached hydrogens (tertiary/aromatic N) is 1. The normalized spacial score (nSPS) is 10.5. The number of rotatable bonds is 4. The number of ketones is 1. The minimum atomic E-state index is -0.0528. The monoisotopic (exact) mass is 313 g/mol. The Morgan fingerprint density at radius 3 is 2.82 bits per heavy atom. The van der Waals surface area contributed by atoms with Crippen molar-refractivity contribution in [3.8, 4) is 0 Å². The van der Waals surface area contributed by atoms with Crippen LogP contribution in [0.4, 0.5) is 5.88 Å². The van der Waals surface area contributed by atoms with Crippen LogP contribution < -0.4 is 4.90 Å². The van der Waals surface area contributed by atoms with Gasteiger partial charge in [-0.25, -0.2) is 0 Å². The van der Waals surface area contributed by atoms with Crippen molar-refractivity contribution < 1.29 is 9.21 Å². The Kier molecular flexibility index (Phi) is 3.69. The highest BCUT2D eigenvalue weighted by Crippen LogP contribution is 2.24. The van der Waals surface area contributed by atoms with E-state index in [9.17, 15) is 4.79 Å². The van der Waals surface area contributed by atoms with E-state index < -0.39 is 0 Å². The number of carbonyl (C=O) groups excluding carboxylic acids is 1. The first-order chi connectivity index (χ1) is 8.06. The molecule has 0 fully saturated rings. The van der Waals surface area contributed by atoms with Gasteiger partial charge in [-0.05, 0) is 39.0 Å². The minimum Gasteiger partial charge on any atom is -0.437 e. The van der Waals surface area contributed by atoms with Crippen molar-refractivity contribution in [2.24, 2.45) is 0 Å². The highest BCUT2D eigenvalue weighted by Gasteiger charge is 2.10. The molecule has 5 heteroatoms. The number of halogens is 1. The van der Waals surface area contributed by atoms with Crippen molar-refractivity contribution in [3.05, 3.63) is 38.7 Å². The fourth-order valence-electron chi connectivity index (χ4n) is 1.50. The largest absolute Gasteiger partial charge is 0.437 e. The molecule has 2 heterocycles. The van der Waals surface area contributed by atoms with E-state index in [1.54, 1.807) is 17.4 Å². The summed E-state index contributed by atoms with van der Waals surface area (Å²) in [7, 11) is 1.94. The van der Waals surface area contributed by atoms with E-state index in [1.807, 2.05) is 18.0 Å². The Hall–Kier alpha value is -1.07. The van der Waals surface area contributed by atoms with E-state index in [1.165, 1.54) is 12.5 Å². The van der Waals surface area contributed by atoms with Gasteiger partial charge in [-0.3, -0.25) is 4.79 Å². The zero-order valence-electron chi connectivity index (χ0n) is 9.57. The molecule has 17 heavy (non-hydrogen) atoms. The van der Waals surface area contributed by atoms with Crippen LogP contribution in [-0.4, -0.2) is 12.8 Å². The smallest absolute Gasteiger partial charge is 0.196 e. The van der Waals surface area contributed by atoms with Gasteiger partial charge in [0.1, 0.15) is 0 Å². The number of furan rings is 1. The summed E-state index contributed by atoms with van der Waals surface area (Å²) in [6.07, 6.45) is 0. The molecule has 0 spiro atoms. The molecule has 0 unspecified atom stereocenters. The van der Waals surface area contributed by atoms with Gasteiger partial charge in [0, 0.05) is 26.6 Å². The average molecular weight is 314 g/mol. The van der Waals surface area contributed by atoms with Gasteiger partial charge in [-0.1, -0.05) is 0 Å². The van der Waals surface area contributed by atoms with Crippen LogP contribution in [0.15, 0.2) is 31.8 Å². The maximum Gasteiger partial charge on any atom is 0.196 e. The van der Waals surface area contributed by atoms with E-state index in [-0.39, 0.29) is 5.78 Å². The highest BCUT2D eigenvalue weighted by molar-refractivity contribution is 9.11. The number of thiophene rings is 1. The molecule has 0 aliphatic heterocycles. The fourth-order valence-corrected chi connectivity index (χ4v) is 2.70. The Morgan fingerprint density at radius 2 is 2.29 bits per heavy atom. The number of hydrogen-bond acceptors (Lipinski definition) is 4. The summed E-state index contributed by atoms with van der Waals surface area (Å²) >= 11 is 5.09. The Morgan fingerprint density at radius 1 is 1.53 bits per heavy atom.